The van der Waals surface area contributed by atoms with Gasteiger partial charge in [0.25, 0.3) is 0 Å². The molecular formula is C12H23IN4S. The molecule has 1 heterocycles. The van der Waals surface area contributed by atoms with Crippen molar-refractivity contribution in [2.24, 2.45) is 16.6 Å². The lowest BCUT2D eigenvalue weighted by Gasteiger charge is -2.05. The zero-order chi connectivity index (χ0) is 12.8. The second-order valence-corrected chi connectivity index (χ2v) is 5.83. The van der Waals surface area contributed by atoms with Crippen LogP contribution in [-0.2, 0) is 6.42 Å². The Morgan fingerprint density at radius 2 is 2.11 bits per heavy atom. The van der Waals surface area contributed by atoms with E-state index in [1.807, 2.05) is 6.92 Å². The van der Waals surface area contributed by atoms with Gasteiger partial charge in [-0.15, -0.1) is 35.3 Å². The Bertz CT molecular complexity index is 368. The summed E-state index contributed by atoms with van der Waals surface area (Å²) in [5.41, 5.74) is 6.87. The molecule has 0 spiro atoms. The Kier molecular flexibility index (Phi) is 8.51. The smallest absolute Gasteiger partial charge is 0.188 e. The number of rotatable bonds is 5. The Morgan fingerprint density at radius 1 is 1.44 bits per heavy atom. The van der Waals surface area contributed by atoms with Crippen molar-refractivity contribution in [2.75, 3.05) is 13.1 Å². The molecule has 1 aromatic heterocycles. The Hall–Kier alpha value is -0.370. The van der Waals surface area contributed by atoms with Crippen LogP contribution >= 0.6 is 35.3 Å². The summed E-state index contributed by atoms with van der Waals surface area (Å²) in [5.74, 6) is 1.07. The SMILES string of the molecule is Cc1nc(CCNC(N)=NCC(C)C)sc1C.I. The predicted octanol–water partition coefficient (Wildman–Crippen LogP) is 2.48. The molecule has 0 saturated carbocycles. The minimum Gasteiger partial charge on any atom is -0.370 e. The molecule has 1 rings (SSSR count). The fraction of sp³-hybridized carbons (Fsp3) is 0.667. The number of thiazole rings is 1. The van der Waals surface area contributed by atoms with Crippen molar-refractivity contribution in [1.29, 1.82) is 0 Å². The van der Waals surface area contributed by atoms with Gasteiger partial charge in [0, 0.05) is 24.4 Å². The molecule has 6 heteroatoms. The first-order valence-corrected chi connectivity index (χ1v) is 6.77. The first kappa shape index (κ1) is 17.6. The van der Waals surface area contributed by atoms with E-state index in [0.717, 1.165) is 30.2 Å². The van der Waals surface area contributed by atoms with Crippen molar-refractivity contribution in [3.05, 3.63) is 15.6 Å². The molecule has 0 atom stereocenters. The van der Waals surface area contributed by atoms with E-state index in [4.69, 9.17) is 5.73 Å². The molecule has 4 nitrogen and oxygen atoms in total. The number of hydrogen-bond acceptors (Lipinski definition) is 3. The Balaban J connectivity index is 0.00000289. The topological polar surface area (TPSA) is 63.3 Å². The summed E-state index contributed by atoms with van der Waals surface area (Å²) in [7, 11) is 0. The summed E-state index contributed by atoms with van der Waals surface area (Å²) in [6.07, 6.45) is 0.900. The highest BCUT2D eigenvalue weighted by atomic mass is 127. The molecule has 0 amide bonds. The van der Waals surface area contributed by atoms with Gasteiger partial charge in [-0.05, 0) is 19.8 Å². The molecule has 0 aliphatic carbocycles. The maximum atomic E-state index is 5.74. The van der Waals surface area contributed by atoms with Gasteiger partial charge in [0.15, 0.2) is 5.96 Å². The van der Waals surface area contributed by atoms with E-state index in [9.17, 15) is 0 Å². The molecule has 0 radical (unpaired) electrons. The van der Waals surface area contributed by atoms with Crippen molar-refractivity contribution in [1.82, 2.24) is 10.3 Å². The zero-order valence-corrected chi connectivity index (χ0v) is 14.6. The van der Waals surface area contributed by atoms with Crippen LogP contribution in [0, 0.1) is 19.8 Å². The zero-order valence-electron chi connectivity index (χ0n) is 11.5. The summed E-state index contributed by atoms with van der Waals surface area (Å²) in [4.78, 5) is 10.0. The van der Waals surface area contributed by atoms with Crippen molar-refractivity contribution < 1.29 is 0 Å². The molecule has 0 fully saturated rings. The maximum absolute atomic E-state index is 5.74. The first-order valence-electron chi connectivity index (χ1n) is 5.95. The van der Waals surface area contributed by atoms with Crippen LogP contribution in [0.3, 0.4) is 0 Å². The Morgan fingerprint density at radius 3 is 2.61 bits per heavy atom. The van der Waals surface area contributed by atoms with Crippen molar-refractivity contribution >= 4 is 41.3 Å². The van der Waals surface area contributed by atoms with E-state index in [1.54, 1.807) is 11.3 Å². The van der Waals surface area contributed by atoms with E-state index >= 15 is 0 Å². The molecule has 0 aliphatic rings. The summed E-state index contributed by atoms with van der Waals surface area (Å²) in [5, 5.41) is 4.27. The molecule has 0 saturated heterocycles. The van der Waals surface area contributed by atoms with Gasteiger partial charge in [-0.3, -0.25) is 4.99 Å². The van der Waals surface area contributed by atoms with E-state index < -0.39 is 0 Å². The van der Waals surface area contributed by atoms with Gasteiger partial charge in [-0.1, -0.05) is 13.8 Å². The number of aliphatic imine (C=N–C) groups is 1. The standard InChI is InChI=1S/C12H22N4S.HI/c1-8(2)7-15-12(13)14-6-5-11-16-9(3)10(4)17-11;/h8H,5-7H2,1-4H3,(H3,13,14,15);1H. The van der Waals surface area contributed by atoms with Gasteiger partial charge in [0.05, 0.1) is 10.7 Å². The van der Waals surface area contributed by atoms with E-state index in [0.29, 0.717) is 11.9 Å². The molecule has 104 valence electrons. The van der Waals surface area contributed by atoms with Crippen LogP contribution < -0.4 is 11.1 Å². The molecule has 0 bridgehead atoms. The van der Waals surface area contributed by atoms with Crippen LogP contribution in [0.25, 0.3) is 0 Å². The van der Waals surface area contributed by atoms with Gasteiger partial charge >= 0.3 is 0 Å². The summed E-state index contributed by atoms with van der Waals surface area (Å²) in [6, 6.07) is 0. The summed E-state index contributed by atoms with van der Waals surface area (Å²) < 4.78 is 0. The molecule has 18 heavy (non-hydrogen) atoms. The number of nitrogens with one attached hydrogen (secondary N) is 1. The average molecular weight is 382 g/mol. The van der Waals surface area contributed by atoms with Gasteiger partial charge < -0.3 is 11.1 Å². The first-order chi connectivity index (χ1) is 7.99. The molecule has 0 unspecified atom stereocenters. The van der Waals surface area contributed by atoms with Crippen LogP contribution in [0.2, 0.25) is 0 Å². The third-order valence-corrected chi connectivity index (χ3v) is 3.48. The average Bonchev–Trinajstić information content (AvgIpc) is 2.55. The fourth-order valence-corrected chi connectivity index (χ4v) is 2.21. The highest BCUT2D eigenvalue weighted by molar-refractivity contribution is 14.0. The van der Waals surface area contributed by atoms with Crippen LogP contribution in [0.5, 0.6) is 0 Å². The summed E-state index contributed by atoms with van der Waals surface area (Å²) >= 11 is 1.75. The van der Waals surface area contributed by atoms with Crippen molar-refractivity contribution in [2.45, 2.75) is 34.1 Å². The maximum Gasteiger partial charge on any atom is 0.188 e. The predicted molar refractivity (Wildman–Crippen MR) is 90.0 cm³/mol. The van der Waals surface area contributed by atoms with Crippen LogP contribution in [0.4, 0.5) is 0 Å². The molecular weight excluding hydrogens is 359 g/mol. The quantitative estimate of drug-likeness (QED) is 0.467. The van der Waals surface area contributed by atoms with Gasteiger partial charge in [0.1, 0.15) is 0 Å². The van der Waals surface area contributed by atoms with Gasteiger partial charge in [0.2, 0.25) is 0 Å². The third kappa shape index (κ3) is 6.53. The number of nitrogens with zero attached hydrogens (tertiary/aromatic N) is 2. The minimum absolute atomic E-state index is 0. The lowest BCUT2D eigenvalue weighted by atomic mass is 10.2. The number of halogens is 1. The van der Waals surface area contributed by atoms with Crippen LogP contribution in [-0.4, -0.2) is 24.0 Å². The number of aromatic nitrogens is 1. The lowest BCUT2D eigenvalue weighted by Crippen LogP contribution is -2.33. The monoisotopic (exact) mass is 382 g/mol. The van der Waals surface area contributed by atoms with Gasteiger partial charge in [-0.25, -0.2) is 4.98 Å². The van der Waals surface area contributed by atoms with Gasteiger partial charge in [-0.2, -0.15) is 0 Å². The Labute approximate surface area is 131 Å². The fourth-order valence-electron chi connectivity index (χ4n) is 1.28. The molecule has 0 aromatic carbocycles. The number of aryl methyl sites for hydroxylation is 2. The van der Waals surface area contributed by atoms with E-state index in [1.165, 1.54) is 4.88 Å². The summed E-state index contributed by atoms with van der Waals surface area (Å²) in [6.45, 7) is 9.95. The highest BCUT2D eigenvalue weighted by Crippen LogP contribution is 2.16. The van der Waals surface area contributed by atoms with E-state index in [-0.39, 0.29) is 24.0 Å². The van der Waals surface area contributed by atoms with E-state index in [2.05, 4.69) is 36.1 Å². The largest absolute Gasteiger partial charge is 0.370 e. The molecule has 1 aromatic rings. The lowest BCUT2D eigenvalue weighted by molar-refractivity contribution is 0.661. The highest BCUT2D eigenvalue weighted by Gasteiger charge is 2.03. The van der Waals surface area contributed by atoms with Crippen molar-refractivity contribution in [3.8, 4) is 0 Å². The molecule has 3 N–H and O–H groups in total. The second kappa shape index (κ2) is 8.68. The second-order valence-electron chi connectivity index (χ2n) is 4.55. The number of nitrogens with two attached hydrogens (primary N) is 1. The normalized spacial score (nSPS) is 11.5. The molecule has 0 aliphatic heterocycles. The minimum atomic E-state index is 0. The number of guanidine groups is 1. The van der Waals surface area contributed by atoms with Crippen LogP contribution in [0.15, 0.2) is 4.99 Å². The van der Waals surface area contributed by atoms with Crippen LogP contribution in [0.1, 0.15) is 29.4 Å². The third-order valence-electron chi connectivity index (χ3n) is 2.34. The number of hydrogen-bond donors (Lipinski definition) is 2. The van der Waals surface area contributed by atoms with Crippen molar-refractivity contribution in [3.63, 3.8) is 0 Å².